The minimum absolute atomic E-state index is 0.492. The number of anilines is 1. The summed E-state index contributed by atoms with van der Waals surface area (Å²) in [5.74, 6) is 0.796. The smallest absolute Gasteiger partial charge is 0.122 e. The molecule has 1 heterocycles. The molecular weight excluding hydrogens is 234 g/mol. The van der Waals surface area contributed by atoms with E-state index in [1.807, 2.05) is 10.7 Å². The van der Waals surface area contributed by atoms with Crippen molar-refractivity contribution in [3.63, 3.8) is 0 Å². The molecule has 3 nitrogen and oxygen atoms in total. The molecule has 0 saturated heterocycles. The fraction of sp³-hybridized carbons (Fsp3) is 0.438. The number of aromatic nitrogens is 2. The second-order valence-electron chi connectivity index (χ2n) is 5.51. The minimum atomic E-state index is 0.492. The van der Waals surface area contributed by atoms with Crippen molar-refractivity contribution in [2.45, 2.75) is 45.1 Å². The van der Waals surface area contributed by atoms with Gasteiger partial charge in [0.25, 0.3) is 0 Å². The van der Waals surface area contributed by atoms with Crippen molar-refractivity contribution in [2.24, 2.45) is 0 Å². The first-order valence-corrected chi connectivity index (χ1v) is 7.17. The summed E-state index contributed by atoms with van der Waals surface area (Å²) in [7, 11) is 0. The minimum Gasteiger partial charge on any atom is -0.384 e. The molecule has 1 aliphatic carbocycles. The molecule has 0 radical (unpaired) electrons. The Labute approximate surface area is 114 Å². The number of benzene rings is 1. The first kappa shape index (κ1) is 12.3. The van der Waals surface area contributed by atoms with Gasteiger partial charge in [0.2, 0.25) is 0 Å². The van der Waals surface area contributed by atoms with E-state index in [2.05, 4.69) is 31.2 Å². The number of nitrogens with two attached hydrogens (primary N) is 1. The van der Waals surface area contributed by atoms with Crippen LogP contribution in [0.4, 0.5) is 5.82 Å². The summed E-state index contributed by atoms with van der Waals surface area (Å²) in [4.78, 5) is 0. The van der Waals surface area contributed by atoms with Crippen molar-refractivity contribution in [1.29, 1.82) is 0 Å². The zero-order valence-corrected chi connectivity index (χ0v) is 11.5. The fourth-order valence-corrected chi connectivity index (χ4v) is 3.02. The molecule has 2 aromatic rings. The fourth-order valence-electron chi connectivity index (χ4n) is 3.02. The van der Waals surface area contributed by atoms with Gasteiger partial charge in [-0.05, 0) is 25.3 Å². The molecule has 1 fully saturated rings. The molecule has 2 N–H and O–H groups in total. The SMILES string of the molecule is Cc1ccccc1-c1cc(N)n(C2CCCCC2)n1. The first-order valence-electron chi connectivity index (χ1n) is 7.17. The maximum Gasteiger partial charge on any atom is 0.122 e. The second kappa shape index (κ2) is 5.08. The lowest BCUT2D eigenvalue weighted by atomic mass is 9.96. The van der Waals surface area contributed by atoms with Crippen molar-refractivity contribution in [3.05, 3.63) is 35.9 Å². The van der Waals surface area contributed by atoms with E-state index in [1.54, 1.807) is 0 Å². The Morgan fingerprint density at radius 1 is 1.16 bits per heavy atom. The molecule has 1 aromatic heterocycles. The molecule has 0 bridgehead atoms. The largest absolute Gasteiger partial charge is 0.384 e. The van der Waals surface area contributed by atoms with Gasteiger partial charge in [0, 0.05) is 11.6 Å². The lowest BCUT2D eigenvalue weighted by Crippen LogP contribution is -2.16. The van der Waals surface area contributed by atoms with Crippen molar-refractivity contribution in [2.75, 3.05) is 5.73 Å². The molecule has 1 saturated carbocycles. The normalized spacial score (nSPS) is 16.7. The summed E-state index contributed by atoms with van der Waals surface area (Å²) in [6, 6.07) is 10.8. The first-order chi connectivity index (χ1) is 9.25. The van der Waals surface area contributed by atoms with Crippen LogP contribution in [0.1, 0.15) is 43.7 Å². The van der Waals surface area contributed by atoms with Gasteiger partial charge in [-0.25, -0.2) is 4.68 Å². The summed E-state index contributed by atoms with van der Waals surface area (Å²) in [6.45, 7) is 2.12. The van der Waals surface area contributed by atoms with Crippen molar-refractivity contribution in [1.82, 2.24) is 9.78 Å². The van der Waals surface area contributed by atoms with Crippen LogP contribution in [0.2, 0.25) is 0 Å². The van der Waals surface area contributed by atoms with E-state index >= 15 is 0 Å². The average molecular weight is 255 g/mol. The van der Waals surface area contributed by atoms with Crippen LogP contribution in [0.5, 0.6) is 0 Å². The van der Waals surface area contributed by atoms with Crippen LogP contribution >= 0.6 is 0 Å². The van der Waals surface area contributed by atoms with E-state index in [0.717, 1.165) is 11.5 Å². The van der Waals surface area contributed by atoms with Gasteiger partial charge < -0.3 is 5.73 Å². The number of hydrogen-bond donors (Lipinski definition) is 1. The summed E-state index contributed by atoms with van der Waals surface area (Å²) >= 11 is 0. The van der Waals surface area contributed by atoms with Gasteiger partial charge in [0.15, 0.2) is 0 Å². The molecule has 1 aromatic carbocycles. The number of hydrogen-bond acceptors (Lipinski definition) is 2. The highest BCUT2D eigenvalue weighted by atomic mass is 15.3. The predicted molar refractivity (Wildman–Crippen MR) is 78.9 cm³/mol. The van der Waals surface area contributed by atoms with Crippen LogP contribution in [0, 0.1) is 6.92 Å². The second-order valence-corrected chi connectivity index (χ2v) is 5.51. The van der Waals surface area contributed by atoms with Gasteiger partial charge in [-0.2, -0.15) is 5.10 Å². The van der Waals surface area contributed by atoms with E-state index in [4.69, 9.17) is 10.8 Å². The summed E-state index contributed by atoms with van der Waals surface area (Å²) in [6.07, 6.45) is 6.35. The summed E-state index contributed by atoms with van der Waals surface area (Å²) in [5.41, 5.74) is 9.59. The zero-order chi connectivity index (χ0) is 13.2. The van der Waals surface area contributed by atoms with Crippen molar-refractivity contribution < 1.29 is 0 Å². The molecule has 100 valence electrons. The molecule has 19 heavy (non-hydrogen) atoms. The van der Waals surface area contributed by atoms with E-state index in [1.165, 1.54) is 43.2 Å². The van der Waals surface area contributed by atoms with Crippen molar-refractivity contribution >= 4 is 5.82 Å². The molecular formula is C16H21N3. The summed E-state index contributed by atoms with van der Waals surface area (Å²) in [5, 5.41) is 4.76. The quantitative estimate of drug-likeness (QED) is 0.883. The molecule has 0 spiro atoms. The highest BCUT2D eigenvalue weighted by molar-refractivity contribution is 5.65. The molecule has 3 heteroatoms. The van der Waals surface area contributed by atoms with Crippen LogP contribution in [0.15, 0.2) is 30.3 Å². The number of nitrogens with zero attached hydrogens (tertiary/aromatic N) is 2. The van der Waals surface area contributed by atoms with Crippen molar-refractivity contribution in [3.8, 4) is 11.3 Å². The lowest BCUT2D eigenvalue weighted by Gasteiger charge is -2.22. The maximum absolute atomic E-state index is 6.16. The van der Waals surface area contributed by atoms with Gasteiger partial charge in [-0.3, -0.25) is 0 Å². The van der Waals surface area contributed by atoms with E-state index in [0.29, 0.717) is 6.04 Å². The Morgan fingerprint density at radius 2 is 1.89 bits per heavy atom. The molecule has 0 aliphatic heterocycles. The average Bonchev–Trinajstić information content (AvgIpc) is 2.82. The maximum atomic E-state index is 6.16. The molecule has 0 atom stereocenters. The molecule has 1 aliphatic rings. The van der Waals surface area contributed by atoms with Crippen LogP contribution < -0.4 is 5.73 Å². The van der Waals surface area contributed by atoms with Gasteiger partial charge in [-0.1, -0.05) is 43.5 Å². The third-order valence-corrected chi connectivity index (χ3v) is 4.11. The lowest BCUT2D eigenvalue weighted by molar-refractivity contribution is 0.333. The molecule has 0 amide bonds. The highest BCUT2D eigenvalue weighted by Crippen LogP contribution is 2.32. The third kappa shape index (κ3) is 2.37. The van der Waals surface area contributed by atoms with E-state index < -0.39 is 0 Å². The van der Waals surface area contributed by atoms with Gasteiger partial charge in [0.05, 0.1) is 11.7 Å². The third-order valence-electron chi connectivity index (χ3n) is 4.11. The van der Waals surface area contributed by atoms with E-state index in [9.17, 15) is 0 Å². The van der Waals surface area contributed by atoms with Gasteiger partial charge in [0.1, 0.15) is 5.82 Å². The van der Waals surface area contributed by atoms with Gasteiger partial charge >= 0.3 is 0 Å². The van der Waals surface area contributed by atoms with Gasteiger partial charge in [-0.15, -0.1) is 0 Å². The molecule has 3 rings (SSSR count). The number of nitrogen functional groups attached to an aromatic ring is 1. The topological polar surface area (TPSA) is 43.8 Å². The van der Waals surface area contributed by atoms with Crippen LogP contribution in [0.25, 0.3) is 11.3 Å². The Hall–Kier alpha value is -1.77. The predicted octanol–water partition coefficient (Wildman–Crippen LogP) is 3.95. The number of rotatable bonds is 2. The Morgan fingerprint density at radius 3 is 2.63 bits per heavy atom. The van der Waals surface area contributed by atoms with Crippen LogP contribution in [-0.4, -0.2) is 9.78 Å². The number of aryl methyl sites for hydroxylation is 1. The standard InChI is InChI=1S/C16H21N3/c1-12-7-5-6-10-14(12)15-11-16(17)19(18-15)13-8-3-2-4-9-13/h5-7,10-11,13H,2-4,8-9,17H2,1H3. The molecule has 0 unspecified atom stereocenters. The highest BCUT2D eigenvalue weighted by Gasteiger charge is 2.19. The Bertz CT molecular complexity index is 565. The summed E-state index contributed by atoms with van der Waals surface area (Å²) < 4.78 is 2.04. The Kier molecular flexibility index (Phi) is 3.28. The monoisotopic (exact) mass is 255 g/mol. The van der Waals surface area contributed by atoms with Crippen LogP contribution in [0.3, 0.4) is 0 Å². The van der Waals surface area contributed by atoms with E-state index in [-0.39, 0.29) is 0 Å². The van der Waals surface area contributed by atoms with Crippen LogP contribution in [-0.2, 0) is 0 Å². The zero-order valence-electron chi connectivity index (χ0n) is 11.5. The Balaban J connectivity index is 1.95.